The van der Waals surface area contributed by atoms with E-state index in [4.69, 9.17) is 9.47 Å². The largest absolute Gasteiger partial charge is 0.493 e. The molecule has 4 rings (SSSR count). The molecule has 1 heterocycles. The summed E-state index contributed by atoms with van der Waals surface area (Å²) in [6, 6.07) is 25.0. The van der Waals surface area contributed by atoms with E-state index in [9.17, 15) is 4.79 Å². The van der Waals surface area contributed by atoms with Gasteiger partial charge in [-0.3, -0.25) is 9.69 Å². The van der Waals surface area contributed by atoms with Crippen molar-refractivity contribution in [2.24, 2.45) is 0 Å². The lowest BCUT2D eigenvalue weighted by Gasteiger charge is -2.34. The van der Waals surface area contributed by atoms with Gasteiger partial charge in [-0.15, -0.1) is 0 Å². The second-order valence-corrected chi connectivity index (χ2v) is 8.12. The number of nitrogens with one attached hydrogen (secondary N) is 1. The van der Waals surface area contributed by atoms with Gasteiger partial charge in [-0.25, -0.2) is 0 Å². The zero-order chi connectivity index (χ0) is 22.3. The van der Waals surface area contributed by atoms with Crippen molar-refractivity contribution >= 4 is 5.91 Å². The Balaban J connectivity index is 1.35. The second-order valence-electron chi connectivity index (χ2n) is 8.12. The Bertz CT molecular complexity index is 1050. The van der Waals surface area contributed by atoms with E-state index in [-0.39, 0.29) is 11.8 Å². The summed E-state index contributed by atoms with van der Waals surface area (Å²) in [6.45, 7) is 2.61. The second kappa shape index (κ2) is 10.3. The van der Waals surface area contributed by atoms with E-state index in [1.807, 2.05) is 24.3 Å². The average molecular weight is 431 g/mol. The fourth-order valence-corrected chi connectivity index (χ4v) is 4.41. The van der Waals surface area contributed by atoms with Crippen LogP contribution in [-0.4, -0.2) is 44.7 Å². The van der Waals surface area contributed by atoms with Crippen molar-refractivity contribution in [3.05, 3.63) is 95.1 Å². The van der Waals surface area contributed by atoms with Gasteiger partial charge in [0.25, 0.3) is 0 Å². The fraction of sp³-hybridized carbons (Fsp3) is 0.296. The van der Waals surface area contributed by atoms with Crippen molar-refractivity contribution in [2.45, 2.75) is 18.9 Å². The smallest absolute Gasteiger partial charge is 0.234 e. The molecule has 0 bridgehead atoms. The summed E-state index contributed by atoms with van der Waals surface area (Å²) in [6.07, 6.45) is 0.738. The molecule has 0 radical (unpaired) electrons. The van der Waals surface area contributed by atoms with Crippen LogP contribution < -0.4 is 14.8 Å². The van der Waals surface area contributed by atoms with Gasteiger partial charge in [-0.2, -0.15) is 0 Å². The summed E-state index contributed by atoms with van der Waals surface area (Å²) in [7, 11) is 3.25. The molecule has 1 atom stereocenters. The van der Waals surface area contributed by atoms with Crippen LogP contribution in [0, 0.1) is 0 Å². The van der Waals surface area contributed by atoms with Crippen LogP contribution in [-0.2, 0) is 17.8 Å². The first kappa shape index (κ1) is 21.9. The number of methoxy groups -OCH3 is 2. The summed E-state index contributed by atoms with van der Waals surface area (Å²) in [5.41, 5.74) is 5.05. The Kier molecular flexibility index (Phi) is 7.07. The van der Waals surface area contributed by atoms with Crippen molar-refractivity contribution in [2.75, 3.05) is 33.9 Å². The lowest BCUT2D eigenvalue weighted by atomic mass is 9.84. The van der Waals surface area contributed by atoms with E-state index < -0.39 is 0 Å². The van der Waals surface area contributed by atoms with Crippen LogP contribution in [0.3, 0.4) is 0 Å². The molecule has 0 spiro atoms. The van der Waals surface area contributed by atoms with Gasteiger partial charge < -0.3 is 14.8 Å². The molecule has 5 heteroatoms. The standard InChI is InChI=1S/C27H30N2O3/c1-31-25-13-12-20(16-26(25)32-2)14-15-28-27(30)19-29-17-22-10-6-7-11-23(22)24(18-29)21-8-4-3-5-9-21/h3-13,16,24H,14-15,17-19H2,1-2H3,(H,28,30)/t24-/m1/s1. The molecule has 5 nitrogen and oxygen atoms in total. The summed E-state index contributed by atoms with van der Waals surface area (Å²) in [4.78, 5) is 14.9. The van der Waals surface area contributed by atoms with Crippen molar-refractivity contribution < 1.29 is 14.3 Å². The highest BCUT2D eigenvalue weighted by molar-refractivity contribution is 5.78. The van der Waals surface area contributed by atoms with E-state index in [1.54, 1.807) is 14.2 Å². The zero-order valence-corrected chi connectivity index (χ0v) is 18.7. The first-order valence-corrected chi connectivity index (χ1v) is 11.0. The highest BCUT2D eigenvalue weighted by Crippen LogP contribution is 2.33. The number of hydrogen-bond donors (Lipinski definition) is 1. The quantitative estimate of drug-likeness (QED) is 0.587. The Morgan fingerprint density at radius 2 is 1.72 bits per heavy atom. The number of carbonyl (C=O) groups is 1. The molecule has 0 saturated carbocycles. The summed E-state index contributed by atoms with van der Waals surface area (Å²) < 4.78 is 10.6. The van der Waals surface area contributed by atoms with Crippen molar-refractivity contribution in [3.8, 4) is 11.5 Å². The minimum absolute atomic E-state index is 0.0525. The van der Waals surface area contributed by atoms with Crippen LogP contribution in [0.2, 0.25) is 0 Å². The molecular weight excluding hydrogens is 400 g/mol. The third-order valence-corrected chi connectivity index (χ3v) is 6.02. The highest BCUT2D eigenvalue weighted by atomic mass is 16.5. The van der Waals surface area contributed by atoms with E-state index in [2.05, 4.69) is 58.7 Å². The number of carbonyl (C=O) groups excluding carboxylic acids is 1. The van der Waals surface area contributed by atoms with Crippen LogP contribution >= 0.6 is 0 Å². The van der Waals surface area contributed by atoms with Crippen molar-refractivity contribution in [1.29, 1.82) is 0 Å². The van der Waals surface area contributed by atoms with E-state index >= 15 is 0 Å². The number of nitrogens with zero attached hydrogens (tertiary/aromatic N) is 1. The summed E-state index contributed by atoms with van der Waals surface area (Å²) in [5, 5.41) is 3.07. The van der Waals surface area contributed by atoms with E-state index in [1.165, 1.54) is 16.7 Å². The van der Waals surface area contributed by atoms with Crippen LogP contribution in [0.5, 0.6) is 11.5 Å². The van der Waals surface area contributed by atoms with Gasteiger partial charge in [0.05, 0.1) is 20.8 Å². The Hall–Kier alpha value is -3.31. The Morgan fingerprint density at radius 1 is 0.969 bits per heavy atom. The zero-order valence-electron chi connectivity index (χ0n) is 18.7. The molecule has 1 aliphatic heterocycles. The number of ether oxygens (including phenoxy) is 2. The van der Waals surface area contributed by atoms with Gasteiger partial charge in [0.2, 0.25) is 5.91 Å². The molecule has 32 heavy (non-hydrogen) atoms. The first-order chi connectivity index (χ1) is 15.7. The maximum atomic E-state index is 12.7. The third kappa shape index (κ3) is 5.11. The van der Waals surface area contributed by atoms with Gasteiger partial charge >= 0.3 is 0 Å². The maximum Gasteiger partial charge on any atom is 0.234 e. The number of fused-ring (bicyclic) bond motifs is 1. The van der Waals surface area contributed by atoms with E-state index in [0.29, 0.717) is 24.6 Å². The van der Waals surface area contributed by atoms with Gasteiger partial charge in [0, 0.05) is 25.6 Å². The number of hydrogen-bond acceptors (Lipinski definition) is 4. The minimum Gasteiger partial charge on any atom is -0.493 e. The van der Waals surface area contributed by atoms with Gasteiger partial charge in [-0.1, -0.05) is 60.7 Å². The van der Waals surface area contributed by atoms with Gasteiger partial charge in [-0.05, 0) is 40.8 Å². The molecule has 1 N–H and O–H groups in total. The number of rotatable bonds is 8. The SMILES string of the molecule is COc1ccc(CCNC(=O)CN2Cc3ccccc3[C@@H](c3ccccc3)C2)cc1OC. The monoisotopic (exact) mass is 430 g/mol. The number of benzene rings is 3. The van der Waals surface area contributed by atoms with Gasteiger partial charge in [0.1, 0.15) is 0 Å². The molecule has 1 amide bonds. The number of amides is 1. The first-order valence-electron chi connectivity index (χ1n) is 11.0. The normalized spacial score (nSPS) is 15.6. The molecule has 166 valence electrons. The predicted molar refractivity (Wildman–Crippen MR) is 126 cm³/mol. The molecule has 0 aliphatic carbocycles. The van der Waals surface area contributed by atoms with Crippen molar-refractivity contribution in [1.82, 2.24) is 10.2 Å². The Morgan fingerprint density at radius 3 is 2.50 bits per heavy atom. The molecule has 0 saturated heterocycles. The molecule has 3 aromatic rings. The van der Waals surface area contributed by atoms with E-state index in [0.717, 1.165) is 25.1 Å². The van der Waals surface area contributed by atoms with Crippen LogP contribution in [0.4, 0.5) is 0 Å². The molecule has 0 aromatic heterocycles. The molecule has 0 unspecified atom stereocenters. The van der Waals surface area contributed by atoms with Crippen LogP contribution in [0.1, 0.15) is 28.2 Å². The average Bonchev–Trinajstić information content (AvgIpc) is 2.84. The molecule has 1 aliphatic rings. The molecule has 3 aromatic carbocycles. The lowest BCUT2D eigenvalue weighted by Crippen LogP contribution is -2.42. The molecule has 0 fully saturated rings. The van der Waals surface area contributed by atoms with Crippen LogP contribution in [0.15, 0.2) is 72.8 Å². The third-order valence-electron chi connectivity index (χ3n) is 6.02. The lowest BCUT2D eigenvalue weighted by molar-refractivity contribution is -0.122. The fourth-order valence-electron chi connectivity index (χ4n) is 4.41. The van der Waals surface area contributed by atoms with Crippen LogP contribution in [0.25, 0.3) is 0 Å². The highest BCUT2D eigenvalue weighted by Gasteiger charge is 2.27. The summed E-state index contributed by atoms with van der Waals surface area (Å²) >= 11 is 0. The summed E-state index contributed by atoms with van der Waals surface area (Å²) in [5.74, 6) is 1.74. The van der Waals surface area contributed by atoms with Crippen molar-refractivity contribution in [3.63, 3.8) is 0 Å². The van der Waals surface area contributed by atoms with Gasteiger partial charge in [0.15, 0.2) is 11.5 Å². The minimum atomic E-state index is 0.0525. The topological polar surface area (TPSA) is 50.8 Å². The Labute approximate surface area is 190 Å². The maximum absolute atomic E-state index is 12.7. The molecular formula is C27H30N2O3. The predicted octanol–water partition coefficient (Wildman–Crippen LogP) is 4.01.